The fourth-order valence-electron chi connectivity index (χ4n) is 4.30. The van der Waals surface area contributed by atoms with Gasteiger partial charge in [-0.2, -0.15) is 0 Å². The third-order valence-electron chi connectivity index (χ3n) is 7.40. The monoisotopic (exact) mass is 672 g/mol. The summed E-state index contributed by atoms with van der Waals surface area (Å²) < 4.78 is 3.41. The molecule has 48 heavy (non-hydrogen) atoms. The Kier molecular flexibility index (Phi) is 17.1. The molecule has 0 aliphatic rings. The standard InChI is InChI=1S/C32H52N10O6/c1-23(2)26(43)10-6-8-16-41-21-24(37-39-41)12-13-28(45)34-19-30(47)36-20-31(48)35-18-29(46)33-15-14-25-22-42(40-38-25)17-9-7-11-27(44)32(3,4)5/h21-23H,6-20H2,1-5H3,(H,33,46)(H,34,45)(H,35,48)(H,36,47). The fraction of sp³-hybridized carbons (Fsp3) is 0.688. The maximum atomic E-state index is 12.1. The summed E-state index contributed by atoms with van der Waals surface area (Å²) in [4.78, 5) is 72.0. The van der Waals surface area contributed by atoms with Gasteiger partial charge in [0.1, 0.15) is 11.6 Å². The van der Waals surface area contributed by atoms with Crippen molar-refractivity contribution in [3.05, 3.63) is 23.8 Å². The van der Waals surface area contributed by atoms with E-state index in [1.165, 1.54) is 0 Å². The van der Waals surface area contributed by atoms with Gasteiger partial charge in [-0.25, -0.2) is 0 Å². The van der Waals surface area contributed by atoms with Crippen LogP contribution in [0.5, 0.6) is 0 Å². The molecule has 0 aliphatic heterocycles. The topological polar surface area (TPSA) is 212 Å². The molecule has 2 heterocycles. The summed E-state index contributed by atoms with van der Waals surface area (Å²) in [6, 6.07) is 0. The molecule has 16 heteroatoms. The minimum Gasteiger partial charge on any atom is -0.354 e. The van der Waals surface area contributed by atoms with Crippen molar-refractivity contribution < 1.29 is 28.8 Å². The Hall–Kier alpha value is -4.50. The van der Waals surface area contributed by atoms with Crippen LogP contribution in [-0.4, -0.2) is 91.4 Å². The zero-order valence-corrected chi connectivity index (χ0v) is 29.0. The smallest absolute Gasteiger partial charge is 0.239 e. The normalized spacial score (nSPS) is 11.3. The lowest BCUT2D eigenvalue weighted by atomic mass is 9.88. The number of nitrogens with one attached hydrogen (secondary N) is 4. The van der Waals surface area contributed by atoms with Gasteiger partial charge in [0.25, 0.3) is 0 Å². The van der Waals surface area contributed by atoms with Crippen LogP contribution in [-0.2, 0) is 54.7 Å². The average Bonchev–Trinajstić information content (AvgIpc) is 3.69. The Morgan fingerprint density at radius 2 is 1.12 bits per heavy atom. The molecule has 0 atom stereocenters. The van der Waals surface area contributed by atoms with Crippen LogP contribution in [0.2, 0.25) is 0 Å². The van der Waals surface area contributed by atoms with Gasteiger partial charge < -0.3 is 21.3 Å². The molecule has 266 valence electrons. The predicted molar refractivity (Wildman–Crippen MR) is 176 cm³/mol. The highest BCUT2D eigenvalue weighted by atomic mass is 16.2. The molecule has 16 nitrogen and oxygen atoms in total. The quantitative estimate of drug-likeness (QED) is 0.121. The van der Waals surface area contributed by atoms with Gasteiger partial charge in [-0.05, 0) is 25.7 Å². The lowest BCUT2D eigenvalue weighted by Crippen LogP contribution is -2.44. The van der Waals surface area contributed by atoms with Gasteiger partial charge in [0.05, 0.1) is 31.0 Å². The highest BCUT2D eigenvalue weighted by Crippen LogP contribution is 2.18. The molecule has 0 spiro atoms. The van der Waals surface area contributed by atoms with Crippen LogP contribution in [0.1, 0.15) is 91.0 Å². The fourth-order valence-corrected chi connectivity index (χ4v) is 4.30. The third-order valence-corrected chi connectivity index (χ3v) is 7.40. The van der Waals surface area contributed by atoms with Gasteiger partial charge in [0, 0.05) is 75.5 Å². The van der Waals surface area contributed by atoms with Crippen molar-refractivity contribution in [2.45, 2.75) is 105 Å². The lowest BCUT2D eigenvalue weighted by molar-refractivity contribution is -0.128. The zero-order valence-electron chi connectivity index (χ0n) is 29.0. The number of unbranched alkanes of at least 4 members (excludes halogenated alkanes) is 2. The summed E-state index contributed by atoms with van der Waals surface area (Å²) >= 11 is 0. The van der Waals surface area contributed by atoms with E-state index in [9.17, 15) is 28.8 Å². The van der Waals surface area contributed by atoms with Crippen molar-refractivity contribution in [3.8, 4) is 0 Å². The highest BCUT2D eigenvalue weighted by Gasteiger charge is 2.20. The molecule has 2 aromatic heterocycles. The number of carbonyl (C=O) groups excluding carboxylic acids is 6. The van der Waals surface area contributed by atoms with Crippen LogP contribution in [0.25, 0.3) is 0 Å². The number of aryl methyl sites for hydroxylation is 3. The van der Waals surface area contributed by atoms with Gasteiger partial charge in [-0.3, -0.25) is 38.1 Å². The number of aromatic nitrogens is 6. The average molecular weight is 673 g/mol. The molecule has 0 radical (unpaired) electrons. The Labute approximate surface area is 281 Å². The summed E-state index contributed by atoms with van der Waals surface area (Å²) in [6.45, 7) is 10.2. The molecule has 0 unspecified atom stereocenters. The first-order valence-electron chi connectivity index (χ1n) is 16.6. The number of Topliss-reactive ketones (excluding diaryl/α,β-unsaturated/α-hetero) is 2. The zero-order chi connectivity index (χ0) is 35.5. The van der Waals surface area contributed by atoms with E-state index in [1.54, 1.807) is 21.8 Å². The lowest BCUT2D eigenvalue weighted by Gasteiger charge is -2.15. The van der Waals surface area contributed by atoms with Gasteiger partial charge in [0.2, 0.25) is 23.6 Å². The molecule has 0 fully saturated rings. The summed E-state index contributed by atoms with van der Waals surface area (Å²) in [7, 11) is 0. The molecule has 4 amide bonds. The van der Waals surface area contributed by atoms with E-state index >= 15 is 0 Å². The molecule has 0 aromatic carbocycles. The Bertz CT molecular complexity index is 1360. The minimum absolute atomic E-state index is 0.0457. The molecule has 2 rings (SSSR count). The SMILES string of the molecule is CC(C)C(=O)CCCCn1cc(CCC(=O)NCC(=O)NCC(=O)NCC(=O)NCCc2cn(CCCCC(=O)C(C)(C)C)nn2)nn1. The molecule has 0 saturated heterocycles. The number of amides is 4. The number of nitrogens with zero attached hydrogens (tertiary/aromatic N) is 6. The molecule has 2 aromatic rings. The Morgan fingerprint density at radius 1 is 0.646 bits per heavy atom. The molecule has 0 aliphatic carbocycles. The van der Waals surface area contributed by atoms with Gasteiger partial charge in [-0.1, -0.05) is 45.0 Å². The highest BCUT2D eigenvalue weighted by molar-refractivity contribution is 5.90. The van der Waals surface area contributed by atoms with E-state index in [-0.39, 0.29) is 54.9 Å². The second-order valence-corrected chi connectivity index (χ2v) is 13.1. The van der Waals surface area contributed by atoms with Crippen molar-refractivity contribution >= 4 is 35.2 Å². The first-order valence-corrected chi connectivity index (χ1v) is 16.6. The van der Waals surface area contributed by atoms with Crippen molar-refractivity contribution in [2.75, 3.05) is 26.2 Å². The van der Waals surface area contributed by atoms with Crippen molar-refractivity contribution in [3.63, 3.8) is 0 Å². The van der Waals surface area contributed by atoms with Crippen LogP contribution >= 0.6 is 0 Å². The number of hydrogen-bond acceptors (Lipinski definition) is 10. The van der Waals surface area contributed by atoms with Crippen LogP contribution < -0.4 is 21.3 Å². The summed E-state index contributed by atoms with van der Waals surface area (Å²) in [5.41, 5.74) is 1.04. The summed E-state index contributed by atoms with van der Waals surface area (Å²) in [5.74, 6) is -1.30. The van der Waals surface area contributed by atoms with Crippen LogP contribution in [0.4, 0.5) is 0 Å². The second-order valence-electron chi connectivity index (χ2n) is 13.1. The Morgan fingerprint density at radius 3 is 1.65 bits per heavy atom. The summed E-state index contributed by atoms with van der Waals surface area (Å²) in [5, 5.41) is 26.3. The van der Waals surface area contributed by atoms with Gasteiger partial charge in [-0.15, -0.1) is 10.2 Å². The maximum Gasteiger partial charge on any atom is 0.239 e. The molecular formula is C32H52N10O6. The van der Waals surface area contributed by atoms with Crippen LogP contribution in [0, 0.1) is 11.3 Å². The van der Waals surface area contributed by atoms with E-state index in [0.29, 0.717) is 56.7 Å². The second kappa shape index (κ2) is 20.7. The molecule has 4 N–H and O–H groups in total. The maximum absolute atomic E-state index is 12.1. The third kappa shape index (κ3) is 16.9. The van der Waals surface area contributed by atoms with Crippen molar-refractivity contribution in [2.24, 2.45) is 11.3 Å². The molecular weight excluding hydrogens is 620 g/mol. The first kappa shape index (κ1) is 39.7. The first-order chi connectivity index (χ1) is 22.7. The van der Waals surface area contributed by atoms with Gasteiger partial charge >= 0.3 is 0 Å². The number of carbonyl (C=O) groups is 6. The summed E-state index contributed by atoms with van der Waals surface area (Å²) in [6.07, 6.45) is 8.78. The van der Waals surface area contributed by atoms with E-state index in [1.807, 2.05) is 34.6 Å². The number of ketones is 2. The Balaban J connectivity index is 1.50. The van der Waals surface area contributed by atoms with E-state index < -0.39 is 17.7 Å². The van der Waals surface area contributed by atoms with Crippen LogP contribution in [0.3, 0.4) is 0 Å². The predicted octanol–water partition coefficient (Wildman–Crippen LogP) is 0.691. The van der Waals surface area contributed by atoms with E-state index in [0.717, 1.165) is 25.7 Å². The van der Waals surface area contributed by atoms with Crippen molar-refractivity contribution in [1.82, 2.24) is 51.3 Å². The molecule has 0 bridgehead atoms. The van der Waals surface area contributed by atoms with E-state index in [4.69, 9.17) is 0 Å². The minimum atomic E-state index is -0.549. The largest absolute Gasteiger partial charge is 0.354 e. The number of hydrogen-bond donors (Lipinski definition) is 4. The van der Waals surface area contributed by atoms with Gasteiger partial charge in [0.15, 0.2) is 0 Å². The van der Waals surface area contributed by atoms with E-state index in [2.05, 4.69) is 41.9 Å². The van der Waals surface area contributed by atoms with Crippen molar-refractivity contribution in [1.29, 1.82) is 0 Å². The number of rotatable bonds is 23. The van der Waals surface area contributed by atoms with Crippen LogP contribution in [0.15, 0.2) is 12.4 Å². The molecule has 0 saturated carbocycles.